The van der Waals surface area contributed by atoms with E-state index in [1.165, 1.54) is 0 Å². The van der Waals surface area contributed by atoms with E-state index >= 15 is 0 Å². The van der Waals surface area contributed by atoms with Crippen LogP contribution in [0.15, 0.2) is 12.2 Å². The largest absolute Gasteiger partial charge is 0.518 e. The van der Waals surface area contributed by atoms with Gasteiger partial charge in [0.1, 0.15) is 0 Å². The molecule has 0 rings (SSSR count). The number of halogens is 1. The van der Waals surface area contributed by atoms with Crippen LogP contribution in [0.2, 0.25) is 13.1 Å². The van der Waals surface area contributed by atoms with Crippen LogP contribution in [0.5, 0.6) is 0 Å². The Morgan fingerprint density at radius 2 is 1.90 bits per heavy atom. The summed E-state index contributed by atoms with van der Waals surface area (Å²) in [7, 11) is -1.99. The summed E-state index contributed by atoms with van der Waals surface area (Å²) in [5, 5.41) is 0. The van der Waals surface area contributed by atoms with Crippen LogP contribution >= 0.6 is 11.6 Å². The van der Waals surface area contributed by atoms with E-state index in [0.717, 1.165) is 44.9 Å². The molecule has 2 nitrogen and oxygen atoms in total. The highest BCUT2D eigenvalue weighted by Crippen LogP contribution is 2.20. The molecule has 0 spiro atoms. The second-order valence-corrected chi connectivity index (χ2v) is 10.8. The molecule has 0 saturated heterocycles. The Labute approximate surface area is 131 Å². The Morgan fingerprint density at radius 1 is 1.20 bits per heavy atom. The normalized spacial score (nSPS) is 13.7. The molecule has 118 valence electrons. The van der Waals surface area contributed by atoms with Gasteiger partial charge < -0.3 is 4.43 Å². The molecule has 0 saturated carbocycles. The van der Waals surface area contributed by atoms with Gasteiger partial charge in [-0.2, -0.15) is 0 Å². The summed E-state index contributed by atoms with van der Waals surface area (Å²) in [4.78, 5) is 12.2. The highest BCUT2D eigenvalue weighted by Gasteiger charge is 2.29. The molecule has 1 unspecified atom stereocenters. The van der Waals surface area contributed by atoms with Gasteiger partial charge in [-0.25, -0.2) is 0 Å². The maximum absolute atomic E-state index is 12.2. The lowest BCUT2D eigenvalue weighted by Gasteiger charge is -2.24. The van der Waals surface area contributed by atoms with Crippen LogP contribution in [0.25, 0.3) is 0 Å². The summed E-state index contributed by atoms with van der Waals surface area (Å²) in [6.07, 6.45) is 11.8. The third-order valence-corrected chi connectivity index (χ3v) is 6.57. The Bertz CT molecular complexity index is 290. The molecule has 4 heteroatoms. The number of rotatable bonds is 11. The van der Waals surface area contributed by atoms with Gasteiger partial charge in [0, 0.05) is 0 Å². The lowest BCUT2D eigenvalue weighted by Crippen LogP contribution is -2.38. The summed E-state index contributed by atoms with van der Waals surface area (Å²) in [5.74, 6) is 0.0402. The fourth-order valence-corrected chi connectivity index (χ4v) is 2.98. The lowest BCUT2D eigenvalue weighted by atomic mass is 9.97. The molecular formula is C16H31ClO2Si. The van der Waals surface area contributed by atoms with E-state index in [9.17, 15) is 4.79 Å². The molecule has 0 aromatic carbocycles. The van der Waals surface area contributed by atoms with Gasteiger partial charge in [0.2, 0.25) is 0 Å². The van der Waals surface area contributed by atoms with Crippen molar-refractivity contribution < 1.29 is 9.22 Å². The molecular weight excluding hydrogens is 288 g/mol. The van der Waals surface area contributed by atoms with Crippen LogP contribution < -0.4 is 0 Å². The first kappa shape index (κ1) is 19.7. The molecule has 0 aliphatic carbocycles. The summed E-state index contributed by atoms with van der Waals surface area (Å²) in [6, 6.07) is 0. The van der Waals surface area contributed by atoms with E-state index in [2.05, 4.69) is 26.0 Å². The Kier molecular flexibility index (Phi) is 11.2. The predicted molar refractivity (Wildman–Crippen MR) is 90.6 cm³/mol. The van der Waals surface area contributed by atoms with Crippen LogP contribution in [0.3, 0.4) is 0 Å². The van der Waals surface area contributed by atoms with Crippen molar-refractivity contribution in [3.05, 3.63) is 12.2 Å². The second-order valence-electron chi connectivity index (χ2n) is 5.96. The van der Waals surface area contributed by atoms with Crippen molar-refractivity contribution in [2.45, 2.75) is 71.9 Å². The summed E-state index contributed by atoms with van der Waals surface area (Å²) >= 11 is 5.87. The van der Waals surface area contributed by atoms with Crippen molar-refractivity contribution in [3.63, 3.8) is 0 Å². The van der Waals surface area contributed by atoms with Crippen molar-refractivity contribution in [2.75, 3.05) is 5.50 Å². The zero-order chi connectivity index (χ0) is 15.4. The highest BCUT2D eigenvalue weighted by atomic mass is 35.5. The van der Waals surface area contributed by atoms with Crippen LogP contribution in [-0.2, 0) is 9.22 Å². The van der Waals surface area contributed by atoms with Crippen molar-refractivity contribution in [3.8, 4) is 0 Å². The maximum atomic E-state index is 12.2. The first-order chi connectivity index (χ1) is 9.46. The molecule has 0 fully saturated rings. The third-order valence-electron chi connectivity index (χ3n) is 3.24. The van der Waals surface area contributed by atoms with Crippen LogP contribution in [0, 0.1) is 5.92 Å². The van der Waals surface area contributed by atoms with Gasteiger partial charge in [-0.15, -0.1) is 11.6 Å². The smallest absolute Gasteiger partial charge is 0.295 e. The zero-order valence-corrected chi connectivity index (χ0v) is 15.3. The van der Waals surface area contributed by atoms with Crippen molar-refractivity contribution in [1.82, 2.24) is 0 Å². The molecule has 0 heterocycles. The van der Waals surface area contributed by atoms with Crippen LogP contribution in [0.4, 0.5) is 0 Å². The number of alkyl halides is 1. The highest BCUT2D eigenvalue weighted by molar-refractivity contribution is 6.78. The number of unbranched alkanes of at least 4 members (excludes halogenated alkanes) is 2. The summed E-state index contributed by atoms with van der Waals surface area (Å²) in [5.41, 5.74) is 0.472. The standard InChI is InChI=1S/C16H31ClO2Si/c1-5-7-8-9-10-11-13-15(12-6-2)16(18)19-20(3,4)14-17/h7-8,15H,5-6,9-14H2,1-4H3. The van der Waals surface area contributed by atoms with E-state index in [4.69, 9.17) is 16.0 Å². The molecule has 0 N–H and O–H groups in total. The average Bonchev–Trinajstić information content (AvgIpc) is 2.41. The quantitative estimate of drug-likeness (QED) is 0.219. The maximum Gasteiger partial charge on any atom is 0.295 e. The van der Waals surface area contributed by atoms with Crippen molar-refractivity contribution in [1.29, 1.82) is 0 Å². The van der Waals surface area contributed by atoms with Gasteiger partial charge in [0.05, 0.1) is 11.4 Å². The van der Waals surface area contributed by atoms with Gasteiger partial charge in [-0.05, 0) is 45.2 Å². The SMILES string of the molecule is CCC=CCCCCC(CCC)C(=O)O[Si](C)(C)CCl. The molecule has 20 heavy (non-hydrogen) atoms. The fraction of sp³-hybridized carbons (Fsp3) is 0.812. The first-order valence-corrected chi connectivity index (χ1v) is 11.6. The molecule has 0 radical (unpaired) electrons. The van der Waals surface area contributed by atoms with E-state index < -0.39 is 8.32 Å². The number of hydrogen-bond donors (Lipinski definition) is 0. The summed E-state index contributed by atoms with van der Waals surface area (Å²) in [6.45, 7) is 8.26. The Balaban J connectivity index is 4.14. The van der Waals surface area contributed by atoms with Gasteiger partial charge in [0.15, 0.2) is 0 Å². The molecule has 0 amide bonds. The minimum atomic E-state index is -1.99. The van der Waals surface area contributed by atoms with Crippen LogP contribution in [0.1, 0.15) is 58.8 Å². The number of carbonyl (C=O) groups is 1. The number of carbonyl (C=O) groups excluding carboxylic acids is 1. The van der Waals surface area contributed by atoms with Gasteiger partial charge in [-0.3, -0.25) is 4.79 Å². The molecule has 0 aromatic heterocycles. The monoisotopic (exact) mass is 318 g/mol. The Morgan fingerprint density at radius 3 is 2.45 bits per heavy atom. The van der Waals surface area contributed by atoms with E-state index in [-0.39, 0.29) is 11.9 Å². The molecule has 0 aliphatic rings. The van der Waals surface area contributed by atoms with Gasteiger partial charge >= 0.3 is 0 Å². The number of allylic oxidation sites excluding steroid dienone is 2. The molecule has 1 atom stereocenters. The Hall–Kier alpha value is -0.283. The fourth-order valence-electron chi connectivity index (χ4n) is 2.05. The topological polar surface area (TPSA) is 26.3 Å². The average molecular weight is 319 g/mol. The number of hydrogen-bond acceptors (Lipinski definition) is 2. The van der Waals surface area contributed by atoms with Crippen LogP contribution in [-0.4, -0.2) is 19.8 Å². The lowest BCUT2D eigenvalue weighted by molar-refractivity contribution is -0.140. The van der Waals surface area contributed by atoms with E-state index in [1.54, 1.807) is 0 Å². The molecule has 0 bridgehead atoms. The predicted octanol–water partition coefficient (Wildman–Crippen LogP) is 5.46. The molecule has 0 aliphatic heterocycles. The summed E-state index contributed by atoms with van der Waals surface area (Å²) < 4.78 is 5.65. The van der Waals surface area contributed by atoms with E-state index in [0.29, 0.717) is 5.50 Å². The minimum absolute atomic E-state index is 0.0201. The first-order valence-electron chi connectivity index (χ1n) is 7.90. The third kappa shape index (κ3) is 9.59. The van der Waals surface area contributed by atoms with Gasteiger partial charge in [-0.1, -0.05) is 38.8 Å². The molecule has 0 aromatic rings. The van der Waals surface area contributed by atoms with Gasteiger partial charge in [0.25, 0.3) is 14.3 Å². The minimum Gasteiger partial charge on any atom is -0.518 e. The zero-order valence-electron chi connectivity index (χ0n) is 13.6. The van der Waals surface area contributed by atoms with Crippen molar-refractivity contribution >= 4 is 25.9 Å². The van der Waals surface area contributed by atoms with E-state index in [1.807, 2.05) is 13.1 Å². The van der Waals surface area contributed by atoms with Crippen molar-refractivity contribution in [2.24, 2.45) is 5.92 Å². The second kappa shape index (κ2) is 11.4.